The SMILES string of the molecule is Clc1ccc(CNc2ccc(-c3cc(COCc4cc(-c5ccc(NCc6ccc(Cl)cc6Cl)cc5)no4)on3)cc2)c(Cl)c1. The summed E-state index contributed by atoms with van der Waals surface area (Å²) in [6.07, 6.45) is 0. The van der Waals surface area contributed by atoms with Crippen LogP contribution in [0.2, 0.25) is 20.1 Å². The van der Waals surface area contributed by atoms with Crippen LogP contribution >= 0.6 is 46.4 Å². The van der Waals surface area contributed by atoms with E-state index in [-0.39, 0.29) is 13.2 Å². The van der Waals surface area contributed by atoms with E-state index >= 15 is 0 Å². The number of nitrogens with zero attached hydrogens (tertiary/aromatic N) is 2. The van der Waals surface area contributed by atoms with E-state index < -0.39 is 0 Å². The number of halogens is 4. The first-order valence-corrected chi connectivity index (χ1v) is 15.5. The molecule has 0 aliphatic heterocycles. The number of aromatic nitrogens is 2. The number of rotatable bonds is 12. The summed E-state index contributed by atoms with van der Waals surface area (Å²) in [5.74, 6) is 1.21. The quantitative estimate of drug-likeness (QED) is 0.133. The van der Waals surface area contributed by atoms with Crippen LogP contribution in [-0.2, 0) is 31.0 Å². The highest BCUT2D eigenvalue weighted by molar-refractivity contribution is 6.35. The number of ether oxygens (including phenoxy) is 1. The van der Waals surface area contributed by atoms with Gasteiger partial charge in [0.05, 0.1) is 0 Å². The van der Waals surface area contributed by atoms with Gasteiger partial charge >= 0.3 is 0 Å². The van der Waals surface area contributed by atoms with Gasteiger partial charge in [0.2, 0.25) is 0 Å². The molecule has 0 fully saturated rings. The van der Waals surface area contributed by atoms with Crippen molar-refractivity contribution in [3.8, 4) is 22.5 Å². The van der Waals surface area contributed by atoms with E-state index in [9.17, 15) is 0 Å². The Kier molecular flexibility index (Phi) is 9.94. The number of hydrogen-bond donors (Lipinski definition) is 2. The van der Waals surface area contributed by atoms with Crippen molar-refractivity contribution in [2.24, 2.45) is 0 Å². The van der Waals surface area contributed by atoms with Gasteiger partial charge in [-0.1, -0.05) is 93.1 Å². The van der Waals surface area contributed by atoms with Crippen LogP contribution in [-0.4, -0.2) is 10.3 Å². The minimum atomic E-state index is 0.239. The first-order chi connectivity index (χ1) is 21.9. The van der Waals surface area contributed by atoms with Crippen LogP contribution in [0.1, 0.15) is 22.6 Å². The second kappa shape index (κ2) is 14.4. The van der Waals surface area contributed by atoms with Gasteiger partial charge in [0.1, 0.15) is 24.6 Å². The molecule has 2 heterocycles. The summed E-state index contributed by atoms with van der Waals surface area (Å²) in [7, 11) is 0. The maximum absolute atomic E-state index is 6.27. The fourth-order valence-electron chi connectivity index (χ4n) is 4.53. The average molecular weight is 680 g/mol. The fraction of sp³-hybridized carbons (Fsp3) is 0.118. The van der Waals surface area contributed by atoms with Gasteiger partial charge in [-0.25, -0.2) is 0 Å². The Labute approximate surface area is 280 Å². The van der Waals surface area contributed by atoms with Crippen molar-refractivity contribution < 1.29 is 13.8 Å². The Hall–Kier alpha value is -3.98. The zero-order valence-electron chi connectivity index (χ0n) is 23.7. The highest BCUT2D eigenvalue weighted by Crippen LogP contribution is 2.26. The molecule has 0 radical (unpaired) electrons. The van der Waals surface area contributed by atoms with E-state index in [0.29, 0.717) is 44.7 Å². The Morgan fingerprint density at radius 3 is 1.36 bits per heavy atom. The third-order valence-corrected chi connectivity index (χ3v) is 8.14. The first-order valence-electron chi connectivity index (χ1n) is 13.9. The van der Waals surface area contributed by atoms with Crippen molar-refractivity contribution in [3.05, 3.63) is 140 Å². The molecule has 45 heavy (non-hydrogen) atoms. The highest BCUT2D eigenvalue weighted by Gasteiger charge is 2.11. The molecule has 0 amide bonds. The molecule has 11 heteroatoms. The lowest BCUT2D eigenvalue weighted by molar-refractivity contribution is 0.0727. The van der Waals surface area contributed by atoms with Crippen LogP contribution in [0.15, 0.2) is 106 Å². The average Bonchev–Trinajstić information content (AvgIpc) is 3.71. The van der Waals surface area contributed by atoms with Gasteiger partial charge in [-0.3, -0.25) is 0 Å². The molecule has 0 bridgehead atoms. The first kappa shape index (κ1) is 31.0. The smallest absolute Gasteiger partial charge is 0.163 e. The monoisotopic (exact) mass is 678 g/mol. The van der Waals surface area contributed by atoms with Gasteiger partial charge in [-0.2, -0.15) is 0 Å². The minimum absolute atomic E-state index is 0.239. The molecule has 0 saturated carbocycles. The summed E-state index contributed by atoms with van der Waals surface area (Å²) in [6, 6.07) is 30.5. The Morgan fingerprint density at radius 2 is 0.956 bits per heavy atom. The topological polar surface area (TPSA) is 85.4 Å². The molecule has 4 aromatic carbocycles. The summed E-state index contributed by atoms with van der Waals surface area (Å²) in [5.41, 5.74) is 7.13. The summed E-state index contributed by atoms with van der Waals surface area (Å²) < 4.78 is 16.8. The lowest BCUT2D eigenvalue weighted by Gasteiger charge is -2.09. The third kappa shape index (κ3) is 8.19. The van der Waals surface area contributed by atoms with Gasteiger partial charge in [-0.05, 0) is 59.7 Å². The van der Waals surface area contributed by atoms with Crippen LogP contribution in [0.25, 0.3) is 22.5 Å². The zero-order valence-corrected chi connectivity index (χ0v) is 26.7. The zero-order chi connectivity index (χ0) is 31.2. The summed E-state index contributed by atoms with van der Waals surface area (Å²) in [4.78, 5) is 0. The van der Waals surface area contributed by atoms with E-state index in [1.54, 1.807) is 12.1 Å². The second-order valence-electron chi connectivity index (χ2n) is 10.2. The molecular weight excluding hydrogens is 654 g/mol. The van der Waals surface area contributed by atoms with Crippen molar-refractivity contribution in [2.45, 2.75) is 26.3 Å². The van der Waals surface area contributed by atoms with E-state index in [1.165, 1.54) is 0 Å². The van der Waals surface area contributed by atoms with Gasteiger partial charge in [-0.15, -0.1) is 0 Å². The molecule has 228 valence electrons. The molecule has 0 saturated heterocycles. The van der Waals surface area contributed by atoms with Crippen LogP contribution in [0.4, 0.5) is 11.4 Å². The molecule has 2 N–H and O–H groups in total. The molecule has 0 aliphatic carbocycles. The molecule has 0 atom stereocenters. The molecule has 0 aliphatic rings. The van der Waals surface area contributed by atoms with Crippen molar-refractivity contribution >= 4 is 57.8 Å². The van der Waals surface area contributed by atoms with Crippen LogP contribution in [0.5, 0.6) is 0 Å². The predicted octanol–water partition coefficient (Wildman–Crippen LogP) is 10.6. The van der Waals surface area contributed by atoms with Crippen LogP contribution < -0.4 is 10.6 Å². The number of hydrogen-bond acceptors (Lipinski definition) is 7. The normalized spacial score (nSPS) is 11.1. The number of anilines is 2. The van der Waals surface area contributed by atoms with Gasteiger partial charge < -0.3 is 24.4 Å². The van der Waals surface area contributed by atoms with Crippen LogP contribution in [0, 0.1) is 0 Å². The predicted molar refractivity (Wildman–Crippen MR) is 180 cm³/mol. The van der Waals surface area contributed by atoms with E-state index in [1.807, 2.05) is 84.9 Å². The molecule has 0 spiro atoms. The molecular formula is C34H26Cl4N4O3. The lowest BCUT2D eigenvalue weighted by Crippen LogP contribution is -1.99. The lowest BCUT2D eigenvalue weighted by atomic mass is 10.1. The van der Waals surface area contributed by atoms with E-state index in [4.69, 9.17) is 60.2 Å². The van der Waals surface area contributed by atoms with Crippen LogP contribution in [0.3, 0.4) is 0 Å². The minimum Gasteiger partial charge on any atom is -0.381 e. The summed E-state index contributed by atoms with van der Waals surface area (Å²) >= 11 is 24.5. The second-order valence-corrected chi connectivity index (χ2v) is 11.9. The standard InChI is InChI=1S/C34H26Cl4N4O3/c35-25-7-1-23(31(37)13-25)17-39-27-9-3-21(4-10-27)33-15-29(44-41-33)19-43-20-30-16-34(42-45-30)22-5-11-28(12-6-22)40-18-24-2-8-26(36)14-32(24)38/h1-16,39-40H,17-20H2. The third-order valence-electron chi connectivity index (χ3n) is 6.96. The number of benzene rings is 4. The highest BCUT2D eigenvalue weighted by atomic mass is 35.5. The largest absolute Gasteiger partial charge is 0.381 e. The van der Waals surface area contributed by atoms with Crippen molar-refractivity contribution in [3.63, 3.8) is 0 Å². The molecule has 7 nitrogen and oxygen atoms in total. The Bertz CT molecular complexity index is 1750. The molecule has 6 rings (SSSR count). The van der Waals surface area contributed by atoms with E-state index in [0.717, 1.165) is 45.0 Å². The van der Waals surface area contributed by atoms with Gasteiger partial charge in [0.25, 0.3) is 0 Å². The Balaban J connectivity index is 0.964. The molecule has 0 unspecified atom stereocenters. The van der Waals surface area contributed by atoms with Gasteiger partial charge in [0.15, 0.2) is 11.5 Å². The summed E-state index contributed by atoms with van der Waals surface area (Å²) in [5, 5.41) is 17.6. The fourth-order valence-corrected chi connectivity index (χ4v) is 5.48. The van der Waals surface area contributed by atoms with Crippen molar-refractivity contribution in [2.75, 3.05) is 10.6 Å². The maximum atomic E-state index is 6.27. The maximum Gasteiger partial charge on any atom is 0.163 e. The number of nitrogens with one attached hydrogen (secondary N) is 2. The Morgan fingerprint density at radius 1 is 0.533 bits per heavy atom. The van der Waals surface area contributed by atoms with Crippen molar-refractivity contribution in [1.29, 1.82) is 0 Å². The molecule has 6 aromatic rings. The summed E-state index contributed by atoms with van der Waals surface area (Å²) in [6.45, 7) is 1.64. The van der Waals surface area contributed by atoms with Gasteiger partial charge in [0, 0.05) is 67.8 Å². The molecule has 2 aromatic heterocycles. The van der Waals surface area contributed by atoms with Crippen molar-refractivity contribution in [1.82, 2.24) is 10.3 Å². The van der Waals surface area contributed by atoms with E-state index in [2.05, 4.69) is 20.9 Å².